The van der Waals surface area contributed by atoms with Crippen molar-refractivity contribution < 1.29 is 9.53 Å². The van der Waals surface area contributed by atoms with Gasteiger partial charge in [-0.2, -0.15) is 0 Å². The maximum atomic E-state index is 12.8. The van der Waals surface area contributed by atoms with Crippen LogP contribution in [0.15, 0.2) is 72.4 Å². The summed E-state index contributed by atoms with van der Waals surface area (Å²) in [6.07, 6.45) is 49.2. The van der Waals surface area contributed by atoms with E-state index in [2.05, 4.69) is 115 Å². The van der Waals surface area contributed by atoms with Crippen LogP contribution in [-0.2, 0) is 9.53 Å². The van der Waals surface area contributed by atoms with E-state index < -0.39 is 0 Å². The summed E-state index contributed by atoms with van der Waals surface area (Å²) in [6.45, 7) is 17.1. The van der Waals surface area contributed by atoms with Crippen LogP contribution in [0.25, 0.3) is 0 Å². The second-order valence-electron chi connectivity index (χ2n) is 18.4. The molecule has 0 aromatic heterocycles. The van der Waals surface area contributed by atoms with Gasteiger partial charge in [0.15, 0.2) is 0 Å². The maximum Gasteiger partial charge on any atom is 0.306 e. The minimum Gasteiger partial charge on any atom is -0.462 e. The Kier molecular flexibility index (Phi) is 17.8. The first-order valence-electron chi connectivity index (χ1n) is 22.3. The fourth-order valence-corrected chi connectivity index (χ4v) is 10.9. The van der Waals surface area contributed by atoms with Crippen molar-refractivity contribution in [3.63, 3.8) is 0 Å². The summed E-state index contributed by atoms with van der Waals surface area (Å²) in [5.41, 5.74) is 2.40. The van der Waals surface area contributed by atoms with Crippen molar-refractivity contribution in [1.29, 1.82) is 0 Å². The van der Waals surface area contributed by atoms with E-state index >= 15 is 0 Å². The van der Waals surface area contributed by atoms with Gasteiger partial charge in [-0.1, -0.05) is 140 Å². The maximum absolute atomic E-state index is 12.8. The molecule has 2 heteroatoms. The van der Waals surface area contributed by atoms with Crippen molar-refractivity contribution in [2.24, 2.45) is 52.3 Å². The zero-order chi connectivity index (χ0) is 37.4. The van der Waals surface area contributed by atoms with Crippen molar-refractivity contribution in [3.05, 3.63) is 72.4 Å². The first-order chi connectivity index (χ1) is 25.1. The van der Waals surface area contributed by atoms with Gasteiger partial charge in [0.05, 0.1) is 0 Å². The van der Waals surface area contributed by atoms with Gasteiger partial charge in [0.25, 0.3) is 0 Å². The molecule has 9 atom stereocenters. The highest BCUT2D eigenvalue weighted by molar-refractivity contribution is 5.69. The van der Waals surface area contributed by atoms with Crippen LogP contribution in [0.5, 0.6) is 0 Å². The minimum absolute atomic E-state index is 0.0250. The molecule has 3 fully saturated rings. The van der Waals surface area contributed by atoms with E-state index in [0.717, 1.165) is 81.5 Å². The van der Waals surface area contributed by atoms with E-state index in [1.54, 1.807) is 5.57 Å². The lowest BCUT2D eigenvalue weighted by molar-refractivity contribution is -0.151. The lowest BCUT2D eigenvalue weighted by atomic mass is 9.47. The fraction of sp³-hybridized carbons (Fsp3) is 0.740. The zero-order valence-corrected chi connectivity index (χ0v) is 34.9. The van der Waals surface area contributed by atoms with Crippen LogP contribution >= 0.6 is 0 Å². The van der Waals surface area contributed by atoms with Crippen LogP contribution < -0.4 is 0 Å². The Hall–Kier alpha value is -2.09. The van der Waals surface area contributed by atoms with Gasteiger partial charge in [0.2, 0.25) is 0 Å². The van der Waals surface area contributed by atoms with Gasteiger partial charge in [-0.15, -0.1) is 0 Å². The van der Waals surface area contributed by atoms with Crippen molar-refractivity contribution in [3.8, 4) is 0 Å². The van der Waals surface area contributed by atoms with Crippen LogP contribution in [0.2, 0.25) is 0 Å². The van der Waals surface area contributed by atoms with E-state index in [0.29, 0.717) is 35.0 Å². The van der Waals surface area contributed by atoms with Gasteiger partial charge < -0.3 is 4.74 Å². The Labute approximate surface area is 322 Å². The third-order valence-electron chi connectivity index (χ3n) is 14.5. The van der Waals surface area contributed by atoms with Crippen molar-refractivity contribution in [1.82, 2.24) is 0 Å². The Bertz CT molecular complexity index is 1240. The Balaban J connectivity index is 1.10. The summed E-state index contributed by atoms with van der Waals surface area (Å²) in [6, 6.07) is 0. The molecule has 0 aromatic carbocycles. The molecule has 4 aliphatic carbocycles. The second kappa shape index (κ2) is 21.7. The van der Waals surface area contributed by atoms with E-state index in [1.807, 2.05) is 0 Å². The van der Waals surface area contributed by atoms with Crippen LogP contribution in [0, 0.1) is 52.3 Å². The highest BCUT2D eigenvalue weighted by Gasteiger charge is 2.59. The predicted molar refractivity (Wildman–Crippen MR) is 225 cm³/mol. The molecule has 2 nitrogen and oxygen atoms in total. The van der Waals surface area contributed by atoms with Crippen molar-refractivity contribution >= 4 is 5.97 Å². The molecular formula is C50H80O2. The smallest absolute Gasteiger partial charge is 0.306 e. The molecule has 292 valence electrons. The molecular weight excluding hydrogens is 633 g/mol. The molecule has 0 saturated heterocycles. The molecule has 3 saturated carbocycles. The minimum atomic E-state index is 0.0250. The highest BCUT2D eigenvalue weighted by atomic mass is 16.5. The fourth-order valence-electron chi connectivity index (χ4n) is 10.9. The van der Waals surface area contributed by atoms with Gasteiger partial charge >= 0.3 is 5.97 Å². The largest absolute Gasteiger partial charge is 0.462 e. The normalized spacial score (nSPS) is 31.8. The molecule has 0 spiro atoms. The molecule has 0 aromatic rings. The number of esters is 1. The lowest BCUT2D eigenvalue weighted by Gasteiger charge is -2.58. The van der Waals surface area contributed by atoms with Crippen LogP contribution in [-0.4, -0.2) is 12.1 Å². The SMILES string of the molecule is CCCCC/C=C\C/C=C\C/C=C\C/C=C\CCCCCC(=O)OC1CCC2(C)C(=CCC3C2CCC2(C)C(C(C)/C=C/C(C)C(C)C)CCC32)C1. The zero-order valence-electron chi connectivity index (χ0n) is 34.9. The predicted octanol–water partition coefficient (Wildman–Crippen LogP) is 14.9. The highest BCUT2D eigenvalue weighted by Crippen LogP contribution is 2.67. The van der Waals surface area contributed by atoms with Crippen molar-refractivity contribution in [2.75, 3.05) is 0 Å². The third-order valence-corrected chi connectivity index (χ3v) is 14.5. The van der Waals surface area contributed by atoms with Gasteiger partial charge in [0.1, 0.15) is 6.10 Å². The number of ether oxygens (including phenoxy) is 1. The quantitative estimate of drug-likeness (QED) is 0.0673. The first kappa shape index (κ1) is 42.6. The molecule has 0 bridgehead atoms. The molecule has 9 unspecified atom stereocenters. The number of unbranched alkanes of at least 4 members (excludes halogenated alkanes) is 6. The molecule has 4 rings (SSSR count). The standard InChI is InChI=1S/C50H80O2/c1-8-9-10-11-12-13-14-15-16-17-18-19-20-21-22-23-24-25-26-27-48(51)52-43-34-36-49(6)42(38-43)30-31-44-46-33-32-45(50(46,7)37-35-47(44)49)41(5)29-28-40(4)39(2)3/h12-13,15-16,18-19,21-22,28-30,39-41,43-47H,8-11,14,17,20,23-27,31-38H2,1-7H3/b13-12-,16-15-,19-18-,22-21-,29-28+. The molecule has 52 heavy (non-hydrogen) atoms. The Morgan fingerprint density at radius 3 is 2.08 bits per heavy atom. The van der Waals surface area contributed by atoms with E-state index in [9.17, 15) is 4.79 Å². The summed E-state index contributed by atoms with van der Waals surface area (Å²) < 4.78 is 6.12. The average Bonchev–Trinajstić information content (AvgIpc) is 3.48. The summed E-state index contributed by atoms with van der Waals surface area (Å²) in [4.78, 5) is 12.8. The van der Waals surface area contributed by atoms with Gasteiger partial charge in [0, 0.05) is 12.8 Å². The van der Waals surface area contributed by atoms with Crippen LogP contribution in [0.1, 0.15) is 177 Å². The summed E-state index contributed by atoms with van der Waals surface area (Å²) in [5.74, 6) is 5.39. The van der Waals surface area contributed by atoms with Gasteiger partial charge in [-0.3, -0.25) is 4.79 Å². The molecule has 0 amide bonds. The number of allylic oxidation sites excluding steroid dienone is 11. The monoisotopic (exact) mass is 713 g/mol. The number of fused-ring (bicyclic) bond motifs is 5. The summed E-state index contributed by atoms with van der Waals surface area (Å²) >= 11 is 0. The van der Waals surface area contributed by atoms with Crippen LogP contribution in [0.4, 0.5) is 0 Å². The molecule has 0 radical (unpaired) electrons. The van der Waals surface area contributed by atoms with Gasteiger partial charge in [-0.05, 0) is 149 Å². The molecule has 0 N–H and O–H groups in total. The number of carbonyl (C=O) groups excluding carboxylic acids is 1. The topological polar surface area (TPSA) is 26.3 Å². The second-order valence-corrected chi connectivity index (χ2v) is 18.4. The van der Waals surface area contributed by atoms with E-state index in [-0.39, 0.29) is 12.1 Å². The summed E-state index contributed by atoms with van der Waals surface area (Å²) in [5, 5.41) is 0. The van der Waals surface area contributed by atoms with Gasteiger partial charge in [-0.25, -0.2) is 0 Å². The molecule has 4 aliphatic rings. The lowest BCUT2D eigenvalue weighted by Crippen LogP contribution is -2.51. The molecule has 0 heterocycles. The van der Waals surface area contributed by atoms with E-state index in [1.165, 1.54) is 64.2 Å². The average molecular weight is 713 g/mol. The number of carbonyl (C=O) groups is 1. The molecule has 0 aliphatic heterocycles. The first-order valence-corrected chi connectivity index (χ1v) is 22.3. The Morgan fingerprint density at radius 1 is 0.769 bits per heavy atom. The van der Waals surface area contributed by atoms with Crippen molar-refractivity contribution in [2.45, 2.75) is 183 Å². The van der Waals surface area contributed by atoms with Crippen LogP contribution in [0.3, 0.4) is 0 Å². The third kappa shape index (κ3) is 12.0. The number of hydrogen-bond acceptors (Lipinski definition) is 2. The number of hydrogen-bond donors (Lipinski definition) is 0. The Morgan fingerprint density at radius 2 is 1.42 bits per heavy atom. The number of rotatable bonds is 21. The summed E-state index contributed by atoms with van der Waals surface area (Å²) in [7, 11) is 0. The van der Waals surface area contributed by atoms with E-state index in [4.69, 9.17) is 4.74 Å².